The fourth-order valence-corrected chi connectivity index (χ4v) is 2.56. The Bertz CT molecular complexity index is 701. The topological polar surface area (TPSA) is 66.6 Å². The van der Waals surface area contributed by atoms with Crippen LogP contribution in [0.15, 0.2) is 30.5 Å². The summed E-state index contributed by atoms with van der Waals surface area (Å²) in [6.45, 7) is 0.783. The Labute approximate surface area is 136 Å². The van der Waals surface area contributed by atoms with Crippen molar-refractivity contribution in [1.29, 1.82) is 0 Å². The van der Waals surface area contributed by atoms with Gasteiger partial charge < -0.3 is 19.9 Å². The van der Waals surface area contributed by atoms with Gasteiger partial charge in [0.1, 0.15) is 18.1 Å². The molecule has 130 valence electrons. The molecule has 0 spiro atoms. The largest absolute Gasteiger partial charge is 0.573 e. The zero-order chi connectivity index (χ0) is 17.2. The molecule has 2 heterocycles. The van der Waals surface area contributed by atoms with Gasteiger partial charge in [-0.25, -0.2) is 0 Å². The first-order valence-electron chi connectivity index (χ1n) is 7.55. The Morgan fingerprint density at radius 1 is 1.25 bits per heavy atom. The van der Waals surface area contributed by atoms with E-state index in [1.807, 2.05) is 0 Å². The van der Waals surface area contributed by atoms with E-state index in [4.69, 9.17) is 15.2 Å². The average molecular weight is 342 g/mol. The molecule has 0 saturated carbocycles. The minimum Gasteiger partial charge on any atom is -0.490 e. The lowest BCUT2D eigenvalue weighted by molar-refractivity contribution is -0.274. The molecule has 2 N–H and O–H groups in total. The van der Waals surface area contributed by atoms with Crippen molar-refractivity contribution < 1.29 is 27.4 Å². The smallest absolute Gasteiger partial charge is 0.490 e. The van der Waals surface area contributed by atoms with Crippen LogP contribution in [0.4, 0.5) is 13.2 Å². The molecule has 3 rings (SSSR count). The number of nitrogens with zero attached hydrogens (tertiary/aromatic N) is 1. The number of ether oxygens (including phenoxy) is 3. The number of halogens is 3. The molecular weight excluding hydrogens is 325 g/mol. The highest BCUT2D eigenvalue weighted by atomic mass is 19.4. The van der Waals surface area contributed by atoms with Gasteiger partial charge in [0, 0.05) is 17.6 Å². The van der Waals surface area contributed by atoms with E-state index in [0.29, 0.717) is 29.9 Å². The Balaban J connectivity index is 1.75. The monoisotopic (exact) mass is 342 g/mol. The quantitative estimate of drug-likeness (QED) is 0.925. The molecule has 5 nitrogen and oxygen atoms in total. The first kappa shape index (κ1) is 16.8. The summed E-state index contributed by atoms with van der Waals surface area (Å²) in [4.78, 5) is 4.12. The van der Waals surface area contributed by atoms with Crippen molar-refractivity contribution in [3.8, 4) is 11.5 Å². The third-order valence-corrected chi connectivity index (χ3v) is 3.74. The van der Waals surface area contributed by atoms with Crippen LogP contribution >= 0.6 is 0 Å². The van der Waals surface area contributed by atoms with Gasteiger partial charge in [-0.15, -0.1) is 13.2 Å². The molecule has 24 heavy (non-hydrogen) atoms. The van der Waals surface area contributed by atoms with Crippen molar-refractivity contribution in [2.75, 3.05) is 13.2 Å². The molecule has 1 fully saturated rings. The first-order valence-corrected chi connectivity index (χ1v) is 7.55. The maximum absolute atomic E-state index is 12.4. The molecule has 0 unspecified atom stereocenters. The van der Waals surface area contributed by atoms with Crippen molar-refractivity contribution in [2.24, 2.45) is 5.73 Å². The van der Waals surface area contributed by atoms with E-state index >= 15 is 0 Å². The minimum absolute atomic E-state index is 0.0464. The number of alkyl halides is 3. The molecule has 0 radical (unpaired) electrons. The van der Waals surface area contributed by atoms with E-state index in [9.17, 15) is 13.2 Å². The van der Waals surface area contributed by atoms with Crippen LogP contribution < -0.4 is 15.2 Å². The Morgan fingerprint density at radius 2 is 2.08 bits per heavy atom. The van der Waals surface area contributed by atoms with Crippen LogP contribution in [-0.2, 0) is 4.74 Å². The van der Waals surface area contributed by atoms with Crippen LogP contribution in [-0.4, -0.2) is 36.7 Å². The lowest BCUT2D eigenvalue weighted by Crippen LogP contribution is -2.37. The van der Waals surface area contributed by atoms with Gasteiger partial charge in [-0.2, -0.15) is 0 Å². The van der Waals surface area contributed by atoms with E-state index in [0.717, 1.165) is 12.8 Å². The van der Waals surface area contributed by atoms with Crippen LogP contribution in [0, 0.1) is 0 Å². The van der Waals surface area contributed by atoms with Gasteiger partial charge in [0.05, 0.1) is 18.2 Å². The highest BCUT2D eigenvalue weighted by Gasteiger charge is 2.31. The Hall–Kier alpha value is -2.06. The number of hydrogen-bond acceptors (Lipinski definition) is 5. The summed E-state index contributed by atoms with van der Waals surface area (Å²) in [5, 5.41) is 0.451. The van der Waals surface area contributed by atoms with Crippen molar-refractivity contribution in [3.05, 3.63) is 30.5 Å². The summed E-state index contributed by atoms with van der Waals surface area (Å²) < 4.78 is 52.4. The molecule has 0 aliphatic carbocycles. The van der Waals surface area contributed by atoms with Gasteiger partial charge in [-0.3, -0.25) is 4.98 Å². The van der Waals surface area contributed by atoms with Crippen LogP contribution in [0.5, 0.6) is 11.5 Å². The Morgan fingerprint density at radius 3 is 2.79 bits per heavy atom. The summed E-state index contributed by atoms with van der Waals surface area (Å²) in [6.07, 6.45) is -1.64. The second-order valence-electron chi connectivity index (χ2n) is 5.64. The highest BCUT2D eigenvalue weighted by Crippen LogP contribution is 2.31. The van der Waals surface area contributed by atoms with E-state index < -0.39 is 6.36 Å². The normalized spacial score (nSPS) is 21.7. The highest BCUT2D eigenvalue weighted by molar-refractivity contribution is 5.86. The Kier molecular flexibility index (Phi) is 4.77. The van der Waals surface area contributed by atoms with Gasteiger partial charge in [0.15, 0.2) is 0 Å². The summed E-state index contributed by atoms with van der Waals surface area (Å²) in [5.74, 6) is 0.124. The van der Waals surface area contributed by atoms with Crippen molar-refractivity contribution in [2.45, 2.75) is 31.3 Å². The molecule has 0 amide bonds. The predicted molar refractivity (Wildman–Crippen MR) is 80.9 cm³/mol. The molecule has 2 aromatic rings. The second-order valence-corrected chi connectivity index (χ2v) is 5.64. The predicted octanol–water partition coefficient (Wildman–Crippen LogP) is 3.02. The number of hydrogen-bond donors (Lipinski definition) is 1. The molecule has 1 aliphatic heterocycles. The summed E-state index contributed by atoms with van der Waals surface area (Å²) >= 11 is 0. The lowest BCUT2D eigenvalue weighted by Gasteiger charge is -2.26. The molecule has 2 atom stereocenters. The third-order valence-electron chi connectivity index (χ3n) is 3.74. The second kappa shape index (κ2) is 6.82. The minimum atomic E-state index is -4.74. The van der Waals surface area contributed by atoms with Crippen LogP contribution in [0.25, 0.3) is 10.9 Å². The molecule has 0 bridgehead atoms. The summed E-state index contributed by atoms with van der Waals surface area (Å²) in [7, 11) is 0. The van der Waals surface area contributed by atoms with E-state index in [1.54, 1.807) is 12.3 Å². The maximum atomic E-state index is 12.4. The maximum Gasteiger partial charge on any atom is 0.573 e. The van der Waals surface area contributed by atoms with E-state index in [1.165, 1.54) is 18.2 Å². The van der Waals surface area contributed by atoms with E-state index in [2.05, 4.69) is 9.72 Å². The summed E-state index contributed by atoms with van der Waals surface area (Å²) in [5.41, 5.74) is 6.29. The van der Waals surface area contributed by atoms with E-state index in [-0.39, 0.29) is 17.9 Å². The van der Waals surface area contributed by atoms with Gasteiger partial charge in [0.25, 0.3) is 0 Å². The van der Waals surface area contributed by atoms with Gasteiger partial charge >= 0.3 is 6.36 Å². The first-order chi connectivity index (χ1) is 11.4. The molecule has 1 aromatic carbocycles. The van der Waals surface area contributed by atoms with Crippen molar-refractivity contribution in [1.82, 2.24) is 4.98 Å². The number of rotatable bonds is 4. The fraction of sp³-hybridized carbons (Fsp3) is 0.438. The number of pyridine rings is 1. The van der Waals surface area contributed by atoms with Crippen LogP contribution in [0.2, 0.25) is 0 Å². The molecule has 1 aromatic heterocycles. The molecular formula is C16H17F3N2O3. The lowest BCUT2D eigenvalue weighted by atomic mass is 10.1. The van der Waals surface area contributed by atoms with Crippen LogP contribution in [0.1, 0.15) is 12.8 Å². The average Bonchev–Trinajstić information content (AvgIpc) is 2.53. The third kappa shape index (κ3) is 4.27. The summed E-state index contributed by atoms with van der Waals surface area (Å²) in [6, 6.07) is 5.60. The van der Waals surface area contributed by atoms with Crippen molar-refractivity contribution >= 4 is 10.9 Å². The SMILES string of the molecule is N[C@@H]1CC[C@@H](COc2ccnc3ccc(OC(F)(F)F)cc23)OC1. The molecule has 1 aliphatic rings. The molecule has 1 saturated heterocycles. The van der Waals surface area contributed by atoms with Crippen LogP contribution in [0.3, 0.4) is 0 Å². The number of fused-ring (bicyclic) bond motifs is 1. The van der Waals surface area contributed by atoms with Gasteiger partial charge in [-0.1, -0.05) is 0 Å². The van der Waals surface area contributed by atoms with Gasteiger partial charge in [-0.05, 0) is 37.1 Å². The van der Waals surface area contributed by atoms with Crippen molar-refractivity contribution in [3.63, 3.8) is 0 Å². The fourth-order valence-electron chi connectivity index (χ4n) is 2.56. The number of benzene rings is 1. The zero-order valence-corrected chi connectivity index (χ0v) is 12.8. The number of nitrogens with two attached hydrogens (primary N) is 1. The number of aromatic nitrogens is 1. The standard InChI is InChI=1S/C16H17F3N2O3/c17-16(18,19)24-11-3-4-14-13(7-11)15(5-6-21-14)23-9-12-2-1-10(20)8-22-12/h3-7,10,12H,1-2,8-9,20H2/t10-,12+/m1/s1. The molecule has 8 heteroatoms. The zero-order valence-electron chi connectivity index (χ0n) is 12.8. The van der Waals surface area contributed by atoms with Gasteiger partial charge in [0.2, 0.25) is 0 Å².